The van der Waals surface area contributed by atoms with Gasteiger partial charge in [-0.15, -0.1) is 10.2 Å². The fourth-order valence-corrected chi connectivity index (χ4v) is 4.12. The number of amides is 2. The van der Waals surface area contributed by atoms with Gasteiger partial charge in [-0.3, -0.25) is 9.59 Å². The van der Waals surface area contributed by atoms with Crippen LogP contribution in [0.2, 0.25) is 0 Å². The fourth-order valence-electron chi connectivity index (χ4n) is 4.12. The number of likely N-dealkylation sites (tertiary alicyclic amines) is 1. The Morgan fingerprint density at radius 3 is 2.50 bits per heavy atom. The number of hydrogen-bond donors (Lipinski definition) is 1. The number of benzene rings is 2. The van der Waals surface area contributed by atoms with E-state index in [2.05, 4.69) is 15.5 Å². The lowest BCUT2D eigenvalue weighted by atomic mass is 9.96. The van der Waals surface area contributed by atoms with Crippen LogP contribution in [0.1, 0.15) is 41.6 Å². The second-order valence-electron chi connectivity index (χ2n) is 8.68. The van der Waals surface area contributed by atoms with Gasteiger partial charge in [-0.2, -0.15) is 0 Å². The van der Waals surface area contributed by atoms with Crippen LogP contribution in [0, 0.1) is 12.8 Å². The van der Waals surface area contributed by atoms with Crippen LogP contribution in [0.3, 0.4) is 0 Å². The van der Waals surface area contributed by atoms with Gasteiger partial charge in [-0.25, -0.2) is 0 Å². The second kappa shape index (κ2) is 8.57. The van der Waals surface area contributed by atoms with Gasteiger partial charge in [0.15, 0.2) is 0 Å². The number of nitrogens with zero attached hydrogens (tertiary/aromatic N) is 3. The molecule has 1 aliphatic heterocycles. The van der Waals surface area contributed by atoms with Crippen molar-refractivity contribution in [3.05, 3.63) is 59.7 Å². The number of piperidine rings is 1. The first kappa shape index (κ1) is 20.4. The Labute approximate surface area is 186 Å². The molecular formula is C25H26N4O3. The van der Waals surface area contributed by atoms with Crippen LogP contribution in [-0.4, -0.2) is 46.0 Å². The quantitative estimate of drug-likeness (QED) is 0.664. The Morgan fingerprint density at radius 2 is 1.75 bits per heavy atom. The van der Waals surface area contributed by atoms with Gasteiger partial charge in [-0.05, 0) is 68.5 Å². The van der Waals surface area contributed by atoms with Gasteiger partial charge >= 0.3 is 0 Å². The van der Waals surface area contributed by atoms with Crippen molar-refractivity contribution in [2.45, 2.75) is 38.6 Å². The van der Waals surface area contributed by atoms with Crippen molar-refractivity contribution in [1.29, 1.82) is 0 Å². The Hall–Kier alpha value is -3.48. The molecule has 1 atom stereocenters. The van der Waals surface area contributed by atoms with Gasteiger partial charge in [0, 0.05) is 35.8 Å². The van der Waals surface area contributed by atoms with Crippen molar-refractivity contribution in [3.63, 3.8) is 0 Å². The van der Waals surface area contributed by atoms with Crippen molar-refractivity contribution in [3.8, 4) is 22.9 Å². The predicted molar refractivity (Wildman–Crippen MR) is 120 cm³/mol. The number of aryl methyl sites for hydroxylation is 1. The van der Waals surface area contributed by atoms with Gasteiger partial charge in [0.05, 0.1) is 5.92 Å². The summed E-state index contributed by atoms with van der Waals surface area (Å²) in [5.41, 5.74) is 3.32. The zero-order chi connectivity index (χ0) is 22.1. The minimum Gasteiger partial charge on any atom is -0.416 e. The second-order valence-corrected chi connectivity index (χ2v) is 8.68. The molecule has 1 unspecified atom stereocenters. The number of hydrogen-bond acceptors (Lipinski definition) is 5. The van der Waals surface area contributed by atoms with E-state index >= 15 is 0 Å². The van der Waals surface area contributed by atoms with E-state index in [4.69, 9.17) is 4.42 Å². The standard InChI is InChI=1S/C25H26N4O3/c1-16-5-2-3-7-21(16)24-28-27-23(32-24)17-8-10-18(11-9-17)25(31)29-14-4-6-19(15-29)22(30)26-20-12-13-20/h2-3,5,7-11,19-20H,4,6,12-15H2,1H3,(H,26,30). The molecule has 2 amide bonds. The highest BCUT2D eigenvalue weighted by Gasteiger charge is 2.32. The van der Waals surface area contributed by atoms with E-state index in [9.17, 15) is 9.59 Å². The molecule has 0 radical (unpaired) electrons. The van der Waals surface area contributed by atoms with Gasteiger partial charge in [0.1, 0.15) is 0 Å². The van der Waals surface area contributed by atoms with E-state index in [0.717, 1.165) is 42.4 Å². The lowest BCUT2D eigenvalue weighted by Crippen LogP contribution is -2.45. The molecule has 1 N–H and O–H groups in total. The van der Waals surface area contributed by atoms with E-state index in [0.29, 0.717) is 36.5 Å². The summed E-state index contributed by atoms with van der Waals surface area (Å²) in [6, 6.07) is 15.4. The molecule has 2 heterocycles. The van der Waals surface area contributed by atoms with Gasteiger partial charge in [0.2, 0.25) is 17.7 Å². The molecule has 1 aliphatic carbocycles. The topological polar surface area (TPSA) is 88.3 Å². The molecule has 2 aliphatic rings. The maximum absolute atomic E-state index is 13.0. The Bertz CT molecular complexity index is 1130. The molecule has 2 aromatic carbocycles. The van der Waals surface area contributed by atoms with Gasteiger partial charge < -0.3 is 14.6 Å². The van der Waals surface area contributed by atoms with Gasteiger partial charge in [-0.1, -0.05) is 18.2 Å². The molecule has 0 spiro atoms. The molecule has 1 saturated heterocycles. The summed E-state index contributed by atoms with van der Waals surface area (Å²) >= 11 is 0. The third-order valence-corrected chi connectivity index (χ3v) is 6.18. The maximum Gasteiger partial charge on any atom is 0.253 e. The molecule has 32 heavy (non-hydrogen) atoms. The molecule has 7 heteroatoms. The van der Waals surface area contributed by atoms with E-state index < -0.39 is 0 Å². The highest BCUT2D eigenvalue weighted by atomic mass is 16.4. The normalized spacial score (nSPS) is 18.4. The molecule has 1 aromatic heterocycles. The Kier molecular flexibility index (Phi) is 5.47. The molecule has 1 saturated carbocycles. The summed E-state index contributed by atoms with van der Waals surface area (Å²) in [5.74, 6) is 0.803. The Morgan fingerprint density at radius 1 is 1.00 bits per heavy atom. The smallest absolute Gasteiger partial charge is 0.253 e. The minimum atomic E-state index is -0.120. The lowest BCUT2D eigenvalue weighted by Gasteiger charge is -2.32. The summed E-state index contributed by atoms with van der Waals surface area (Å²) in [5, 5.41) is 11.4. The highest BCUT2D eigenvalue weighted by molar-refractivity contribution is 5.95. The largest absolute Gasteiger partial charge is 0.416 e. The SMILES string of the molecule is Cc1ccccc1-c1nnc(-c2ccc(C(=O)N3CCCC(C(=O)NC4CC4)C3)cc2)o1. The van der Waals surface area contributed by atoms with Crippen LogP contribution in [0.25, 0.3) is 22.9 Å². The highest BCUT2D eigenvalue weighted by Crippen LogP contribution is 2.27. The van der Waals surface area contributed by atoms with E-state index in [1.54, 1.807) is 17.0 Å². The molecule has 5 rings (SSSR count). The first-order chi connectivity index (χ1) is 15.6. The summed E-state index contributed by atoms with van der Waals surface area (Å²) < 4.78 is 5.87. The molecular weight excluding hydrogens is 404 g/mol. The zero-order valence-electron chi connectivity index (χ0n) is 18.1. The number of carbonyl (C=O) groups is 2. The predicted octanol–water partition coefficient (Wildman–Crippen LogP) is 3.84. The van der Waals surface area contributed by atoms with Crippen molar-refractivity contribution >= 4 is 11.8 Å². The van der Waals surface area contributed by atoms with Gasteiger partial charge in [0.25, 0.3) is 5.91 Å². The van der Waals surface area contributed by atoms with E-state index in [-0.39, 0.29) is 17.7 Å². The third kappa shape index (κ3) is 4.28. The monoisotopic (exact) mass is 430 g/mol. The van der Waals surface area contributed by atoms with Crippen molar-refractivity contribution in [1.82, 2.24) is 20.4 Å². The van der Waals surface area contributed by atoms with Crippen LogP contribution in [0.4, 0.5) is 0 Å². The van der Waals surface area contributed by atoms with Crippen LogP contribution < -0.4 is 5.32 Å². The van der Waals surface area contributed by atoms with Crippen molar-refractivity contribution < 1.29 is 14.0 Å². The van der Waals surface area contributed by atoms with E-state index in [1.165, 1.54) is 0 Å². The van der Waals surface area contributed by atoms with Crippen molar-refractivity contribution in [2.75, 3.05) is 13.1 Å². The fraction of sp³-hybridized carbons (Fsp3) is 0.360. The molecule has 2 fully saturated rings. The first-order valence-corrected chi connectivity index (χ1v) is 11.2. The average Bonchev–Trinajstić information content (AvgIpc) is 3.51. The number of aromatic nitrogens is 2. The average molecular weight is 431 g/mol. The number of rotatable bonds is 5. The summed E-state index contributed by atoms with van der Waals surface area (Å²) in [4.78, 5) is 27.2. The minimum absolute atomic E-state index is 0.0494. The zero-order valence-corrected chi connectivity index (χ0v) is 18.1. The molecule has 7 nitrogen and oxygen atoms in total. The molecule has 0 bridgehead atoms. The van der Waals surface area contributed by atoms with Crippen molar-refractivity contribution in [2.24, 2.45) is 5.92 Å². The Balaban J connectivity index is 1.27. The number of nitrogens with one attached hydrogen (secondary N) is 1. The van der Waals surface area contributed by atoms with Crippen LogP contribution in [-0.2, 0) is 4.79 Å². The number of carbonyl (C=O) groups excluding carboxylic acids is 2. The first-order valence-electron chi connectivity index (χ1n) is 11.2. The summed E-state index contributed by atoms with van der Waals surface area (Å²) in [7, 11) is 0. The van der Waals surface area contributed by atoms with Crippen LogP contribution >= 0.6 is 0 Å². The molecule has 164 valence electrons. The molecule has 3 aromatic rings. The summed E-state index contributed by atoms with van der Waals surface area (Å²) in [6.45, 7) is 3.15. The maximum atomic E-state index is 13.0. The lowest BCUT2D eigenvalue weighted by molar-refractivity contribution is -0.126. The third-order valence-electron chi connectivity index (χ3n) is 6.18. The van der Waals surface area contributed by atoms with E-state index in [1.807, 2.05) is 43.3 Å². The van der Waals surface area contributed by atoms with Crippen LogP contribution in [0.5, 0.6) is 0 Å². The summed E-state index contributed by atoms with van der Waals surface area (Å²) in [6.07, 6.45) is 3.82. The van der Waals surface area contributed by atoms with Crippen LogP contribution in [0.15, 0.2) is 52.9 Å².